The van der Waals surface area contributed by atoms with Crippen molar-refractivity contribution in [2.75, 3.05) is 7.05 Å². The number of guanidine groups is 1. The molecule has 25 heavy (non-hydrogen) atoms. The van der Waals surface area contributed by atoms with Gasteiger partial charge in [-0.3, -0.25) is 9.67 Å². The number of thiophene rings is 1. The van der Waals surface area contributed by atoms with Gasteiger partial charge in [0, 0.05) is 30.9 Å². The van der Waals surface area contributed by atoms with E-state index in [1.54, 1.807) is 24.6 Å². The third-order valence-electron chi connectivity index (χ3n) is 4.06. The predicted molar refractivity (Wildman–Crippen MR) is 104 cm³/mol. The second-order valence-electron chi connectivity index (χ2n) is 5.78. The quantitative estimate of drug-likeness (QED) is 0.529. The fourth-order valence-electron chi connectivity index (χ4n) is 2.60. The Hall–Kier alpha value is -2.60. The highest BCUT2D eigenvalue weighted by molar-refractivity contribution is 7.10. The van der Waals surface area contributed by atoms with Crippen LogP contribution in [0, 0.1) is 6.92 Å². The lowest BCUT2D eigenvalue weighted by atomic mass is 10.1. The van der Waals surface area contributed by atoms with Crippen LogP contribution < -0.4 is 10.6 Å². The molecule has 0 aliphatic carbocycles. The van der Waals surface area contributed by atoms with Crippen LogP contribution in [0.2, 0.25) is 0 Å². The first-order valence-electron chi connectivity index (χ1n) is 8.28. The molecule has 0 saturated heterocycles. The zero-order valence-electron chi connectivity index (χ0n) is 14.6. The van der Waals surface area contributed by atoms with Crippen LogP contribution in [0.15, 0.2) is 59.2 Å². The Balaban J connectivity index is 1.59. The van der Waals surface area contributed by atoms with Crippen LogP contribution in [0.4, 0.5) is 0 Å². The van der Waals surface area contributed by atoms with Crippen molar-refractivity contribution in [3.63, 3.8) is 0 Å². The van der Waals surface area contributed by atoms with Crippen molar-refractivity contribution in [1.29, 1.82) is 0 Å². The van der Waals surface area contributed by atoms with E-state index in [2.05, 4.69) is 63.4 Å². The molecule has 0 amide bonds. The average molecular weight is 353 g/mol. The standard InChI is InChI=1S/C19H23N5S/c1-15-8-11-25-18(15)13-22-19(20-2)21-12-16-6-3-4-7-17(16)14-24-10-5-9-23-24/h3-11H,12-14H2,1-2H3,(H2,20,21,22). The molecule has 2 aromatic heterocycles. The number of hydrogen-bond acceptors (Lipinski definition) is 3. The molecule has 0 spiro atoms. The van der Waals surface area contributed by atoms with E-state index in [0.29, 0.717) is 0 Å². The van der Waals surface area contributed by atoms with Gasteiger partial charge in [0.1, 0.15) is 0 Å². The summed E-state index contributed by atoms with van der Waals surface area (Å²) < 4.78 is 1.94. The fraction of sp³-hybridized carbons (Fsp3) is 0.263. The lowest BCUT2D eigenvalue weighted by molar-refractivity contribution is 0.677. The van der Waals surface area contributed by atoms with Gasteiger partial charge in [0.05, 0.1) is 13.1 Å². The molecule has 0 aliphatic rings. The van der Waals surface area contributed by atoms with Crippen molar-refractivity contribution in [1.82, 2.24) is 20.4 Å². The molecule has 0 saturated carbocycles. The summed E-state index contributed by atoms with van der Waals surface area (Å²) in [6.07, 6.45) is 3.78. The Morgan fingerprint density at radius 1 is 1.12 bits per heavy atom. The van der Waals surface area contributed by atoms with Crippen molar-refractivity contribution in [2.45, 2.75) is 26.6 Å². The molecule has 0 unspecified atom stereocenters. The number of nitrogens with zero attached hydrogens (tertiary/aromatic N) is 3. The molecule has 1 aromatic carbocycles. The number of hydrogen-bond donors (Lipinski definition) is 2. The van der Waals surface area contributed by atoms with Gasteiger partial charge in [-0.25, -0.2) is 0 Å². The first-order valence-corrected chi connectivity index (χ1v) is 9.16. The fourth-order valence-corrected chi connectivity index (χ4v) is 3.45. The van der Waals surface area contributed by atoms with Crippen LogP contribution in [-0.2, 0) is 19.6 Å². The number of aryl methyl sites for hydroxylation is 1. The summed E-state index contributed by atoms with van der Waals surface area (Å²) in [5.41, 5.74) is 3.81. The molecule has 130 valence electrons. The number of benzene rings is 1. The molecule has 0 radical (unpaired) electrons. The molecule has 0 bridgehead atoms. The highest BCUT2D eigenvalue weighted by Crippen LogP contribution is 2.15. The summed E-state index contributed by atoms with van der Waals surface area (Å²) in [5, 5.41) is 13.2. The van der Waals surface area contributed by atoms with Crippen molar-refractivity contribution in [3.05, 3.63) is 75.7 Å². The zero-order chi connectivity index (χ0) is 17.5. The molecular formula is C19H23N5S. The van der Waals surface area contributed by atoms with E-state index in [-0.39, 0.29) is 0 Å². The van der Waals surface area contributed by atoms with Gasteiger partial charge in [0.2, 0.25) is 0 Å². The highest BCUT2D eigenvalue weighted by atomic mass is 32.1. The smallest absolute Gasteiger partial charge is 0.191 e. The third kappa shape index (κ3) is 4.70. The average Bonchev–Trinajstić information content (AvgIpc) is 3.28. The van der Waals surface area contributed by atoms with Gasteiger partial charge in [-0.15, -0.1) is 11.3 Å². The van der Waals surface area contributed by atoms with Crippen LogP contribution in [-0.4, -0.2) is 22.8 Å². The molecule has 0 atom stereocenters. The van der Waals surface area contributed by atoms with Gasteiger partial charge in [-0.1, -0.05) is 24.3 Å². The normalized spacial score (nSPS) is 11.5. The number of rotatable bonds is 6. The van der Waals surface area contributed by atoms with Crippen molar-refractivity contribution >= 4 is 17.3 Å². The summed E-state index contributed by atoms with van der Waals surface area (Å²) in [5.74, 6) is 0.807. The van der Waals surface area contributed by atoms with Crippen molar-refractivity contribution in [3.8, 4) is 0 Å². The van der Waals surface area contributed by atoms with E-state index in [1.807, 2.05) is 16.9 Å². The second-order valence-corrected chi connectivity index (χ2v) is 6.78. The van der Waals surface area contributed by atoms with Gasteiger partial charge < -0.3 is 10.6 Å². The van der Waals surface area contributed by atoms with Crippen LogP contribution in [0.5, 0.6) is 0 Å². The molecule has 5 nitrogen and oxygen atoms in total. The van der Waals surface area contributed by atoms with Gasteiger partial charge in [0.25, 0.3) is 0 Å². The molecule has 3 aromatic rings. The SMILES string of the molecule is CN=C(NCc1ccccc1Cn1cccn1)NCc1sccc1C. The van der Waals surface area contributed by atoms with E-state index in [1.165, 1.54) is 21.6 Å². The van der Waals surface area contributed by atoms with Crippen LogP contribution in [0.1, 0.15) is 21.6 Å². The van der Waals surface area contributed by atoms with E-state index in [4.69, 9.17) is 0 Å². The maximum absolute atomic E-state index is 4.32. The molecular weight excluding hydrogens is 330 g/mol. The first-order chi connectivity index (χ1) is 12.3. The third-order valence-corrected chi connectivity index (χ3v) is 5.09. The van der Waals surface area contributed by atoms with Crippen LogP contribution >= 0.6 is 11.3 Å². The Morgan fingerprint density at radius 2 is 1.92 bits per heavy atom. The Bertz CT molecular complexity index is 820. The first kappa shape index (κ1) is 17.2. The maximum atomic E-state index is 4.32. The highest BCUT2D eigenvalue weighted by Gasteiger charge is 2.06. The number of aliphatic imine (C=N–C) groups is 1. The van der Waals surface area contributed by atoms with E-state index in [0.717, 1.165) is 25.6 Å². The van der Waals surface area contributed by atoms with Crippen LogP contribution in [0.3, 0.4) is 0 Å². The van der Waals surface area contributed by atoms with E-state index >= 15 is 0 Å². The zero-order valence-corrected chi connectivity index (χ0v) is 15.4. The number of nitrogens with one attached hydrogen (secondary N) is 2. The summed E-state index contributed by atoms with van der Waals surface area (Å²) in [6, 6.07) is 12.5. The van der Waals surface area contributed by atoms with Crippen molar-refractivity contribution < 1.29 is 0 Å². The van der Waals surface area contributed by atoms with E-state index in [9.17, 15) is 0 Å². The second kappa shape index (κ2) is 8.48. The Kier molecular flexibility index (Phi) is 5.85. The van der Waals surface area contributed by atoms with Gasteiger partial charge >= 0.3 is 0 Å². The Labute approximate surface area is 152 Å². The monoisotopic (exact) mass is 353 g/mol. The van der Waals surface area contributed by atoms with Gasteiger partial charge in [-0.05, 0) is 41.1 Å². The molecule has 3 rings (SSSR count). The minimum atomic E-state index is 0.723. The molecule has 0 aliphatic heterocycles. The maximum Gasteiger partial charge on any atom is 0.191 e. The molecule has 6 heteroatoms. The Morgan fingerprint density at radius 3 is 2.60 bits per heavy atom. The molecule has 2 heterocycles. The van der Waals surface area contributed by atoms with E-state index < -0.39 is 0 Å². The molecule has 2 N–H and O–H groups in total. The predicted octanol–water partition coefficient (Wildman–Crippen LogP) is 3.17. The summed E-state index contributed by atoms with van der Waals surface area (Å²) in [4.78, 5) is 5.65. The van der Waals surface area contributed by atoms with Crippen molar-refractivity contribution in [2.24, 2.45) is 4.99 Å². The summed E-state index contributed by atoms with van der Waals surface area (Å²) in [7, 11) is 1.80. The minimum Gasteiger partial charge on any atom is -0.352 e. The lowest BCUT2D eigenvalue weighted by Crippen LogP contribution is -2.36. The molecule has 0 fully saturated rings. The number of aromatic nitrogens is 2. The lowest BCUT2D eigenvalue weighted by Gasteiger charge is -2.14. The largest absolute Gasteiger partial charge is 0.352 e. The van der Waals surface area contributed by atoms with Crippen LogP contribution in [0.25, 0.3) is 0 Å². The minimum absolute atomic E-state index is 0.723. The summed E-state index contributed by atoms with van der Waals surface area (Å²) in [6.45, 7) is 4.42. The summed E-state index contributed by atoms with van der Waals surface area (Å²) >= 11 is 1.77. The topological polar surface area (TPSA) is 54.2 Å². The van der Waals surface area contributed by atoms with Gasteiger partial charge in [-0.2, -0.15) is 5.10 Å². The van der Waals surface area contributed by atoms with Gasteiger partial charge in [0.15, 0.2) is 5.96 Å².